The Kier molecular flexibility index (Phi) is 8.14. The van der Waals surface area contributed by atoms with Crippen molar-refractivity contribution in [2.24, 2.45) is 4.99 Å². The standard InChI is InChI=1S/C21H27ClN4O2/c1-23-21(26(4)14-16-8-10-18(22)11-9-16)24-13-17-6-5-7-19(12-17)28-15-20(27)25(2)3/h5-12H,13-15H2,1-4H3,(H,23,24). The molecule has 2 rings (SSSR count). The van der Waals surface area contributed by atoms with Crippen molar-refractivity contribution in [3.8, 4) is 5.75 Å². The molecule has 28 heavy (non-hydrogen) atoms. The van der Waals surface area contributed by atoms with E-state index in [2.05, 4.69) is 10.3 Å². The molecule has 0 atom stereocenters. The summed E-state index contributed by atoms with van der Waals surface area (Å²) in [5.41, 5.74) is 2.19. The molecule has 1 N–H and O–H groups in total. The van der Waals surface area contributed by atoms with Crippen molar-refractivity contribution >= 4 is 23.5 Å². The van der Waals surface area contributed by atoms with Gasteiger partial charge in [-0.1, -0.05) is 35.9 Å². The molecule has 0 aromatic heterocycles. The summed E-state index contributed by atoms with van der Waals surface area (Å²) in [6.45, 7) is 1.33. The highest BCUT2D eigenvalue weighted by Crippen LogP contribution is 2.14. The molecule has 2 aromatic rings. The second kappa shape index (κ2) is 10.6. The quantitative estimate of drug-likeness (QED) is 0.571. The monoisotopic (exact) mass is 402 g/mol. The van der Waals surface area contributed by atoms with Gasteiger partial charge in [-0.3, -0.25) is 9.79 Å². The number of amides is 1. The first kappa shape index (κ1) is 21.6. The number of hydrogen-bond acceptors (Lipinski definition) is 3. The number of nitrogens with zero attached hydrogens (tertiary/aromatic N) is 3. The summed E-state index contributed by atoms with van der Waals surface area (Å²) in [4.78, 5) is 19.5. The van der Waals surface area contributed by atoms with Gasteiger partial charge in [-0.15, -0.1) is 0 Å². The third kappa shape index (κ3) is 6.78. The molecule has 150 valence electrons. The Balaban J connectivity index is 1.91. The van der Waals surface area contributed by atoms with Gasteiger partial charge in [0.25, 0.3) is 5.91 Å². The number of aliphatic imine (C=N–C) groups is 1. The molecule has 0 radical (unpaired) electrons. The van der Waals surface area contributed by atoms with Gasteiger partial charge in [0.15, 0.2) is 12.6 Å². The molecule has 0 heterocycles. The number of ether oxygens (including phenoxy) is 1. The normalized spacial score (nSPS) is 11.1. The lowest BCUT2D eigenvalue weighted by atomic mass is 10.2. The lowest BCUT2D eigenvalue weighted by Crippen LogP contribution is -2.38. The summed E-state index contributed by atoms with van der Waals surface area (Å²) >= 11 is 5.94. The number of likely N-dealkylation sites (N-methyl/N-ethyl adjacent to an activating group) is 1. The van der Waals surface area contributed by atoms with E-state index in [4.69, 9.17) is 16.3 Å². The minimum Gasteiger partial charge on any atom is -0.484 e. The number of halogens is 1. The fraction of sp³-hybridized carbons (Fsp3) is 0.333. The fourth-order valence-electron chi connectivity index (χ4n) is 2.52. The average Bonchev–Trinajstić information content (AvgIpc) is 2.68. The van der Waals surface area contributed by atoms with Crippen LogP contribution >= 0.6 is 11.6 Å². The van der Waals surface area contributed by atoms with Gasteiger partial charge in [0.05, 0.1) is 0 Å². The van der Waals surface area contributed by atoms with Gasteiger partial charge in [-0.05, 0) is 35.4 Å². The highest BCUT2D eigenvalue weighted by Gasteiger charge is 2.08. The van der Waals surface area contributed by atoms with Crippen LogP contribution in [-0.4, -0.2) is 56.5 Å². The van der Waals surface area contributed by atoms with E-state index in [0.29, 0.717) is 18.8 Å². The van der Waals surface area contributed by atoms with Crippen LogP contribution in [0.4, 0.5) is 0 Å². The van der Waals surface area contributed by atoms with Crippen LogP contribution < -0.4 is 10.1 Å². The van der Waals surface area contributed by atoms with Crippen molar-refractivity contribution in [3.05, 3.63) is 64.7 Å². The summed E-state index contributed by atoms with van der Waals surface area (Å²) in [7, 11) is 7.15. The lowest BCUT2D eigenvalue weighted by molar-refractivity contribution is -0.130. The predicted octanol–water partition coefficient (Wildman–Crippen LogP) is 3.01. The molecule has 7 heteroatoms. The zero-order valence-corrected chi connectivity index (χ0v) is 17.5. The minimum absolute atomic E-state index is 0.0232. The van der Waals surface area contributed by atoms with Crippen molar-refractivity contribution in [1.82, 2.24) is 15.1 Å². The zero-order valence-electron chi connectivity index (χ0n) is 16.8. The summed E-state index contributed by atoms with van der Waals surface area (Å²) in [6.07, 6.45) is 0. The number of carbonyl (C=O) groups excluding carboxylic acids is 1. The topological polar surface area (TPSA) is 57.2 Å². The van der Waals surface area contributed by atoms with Gasteiger partial charge >= 0.3 is 0 Å². The Hall–Kier alpha value is -2.73. The highest BCUT2D eigenvalue weighted by atomic mass is 35.5. The van der Waals surface area contributed by atoms with E-state index >= 15 is 0 Å². The van der Waals surface area contributed by atoms with Crippen LogP contribution in [0.25, 0.3) is 0 Å². The Morgan fingerprint density at radius 2 is 1.82 bits per heavy atom. The minimum atomic E-state index is -0.0762. The third-order valence-electron chi connectivity index (χ3n) is 4.12. The maximum absolute atomic E-state index is 11.7. The van der Waals surface area contributed by atoms with E-state index in [1.165, 1.54) is 4.90 Å². The van der Waals surface area contributed by atoms with E-state index in [1.54, 1.807) is 21.1 Å². The van der Waals surface area contributed by atoms with Crippen LogP contribution in [-0.2, 0) is 17.9 Å². The summed E-state index contributed by atoms with van der Waals surface area (Å²) in [5, 5.41) is 4.07. The number of nitrogens with one attached hydrogen (secondary N) is 1. The third-order valence-corrected chi connectivity index (χ3v) is 4.37. The molecule has 2 aromatic carbocycles. The van der Waals surface area contributed by atoms with Gasteiger partial charge in [-0.25, -0.2) is 0 Å². The summed E-state index contributed by atoms with van der Waals surface area (Å²) in [6, 6.07) is 15.4. The van der Waals surface area contributed by atoms with Crippen molar-refractivity contribution in [1.29, 1.82) is 0 Å². The molecule has 0 bridgehead atoms. The van der Waals surface area contributed by atoms with Crippen LogP contribution in [0.2, 0.25) is 5.02 Å². The van der Waals surface area contributed by atoms with Crippen molar-refractivity contribution in [2.75, 3.05) is 34.8 Å². The predicted molar refractivity (Wildman–Crippen MR) is 114 cm³/mol. The number of hydrogen-bond donors (Lipinski definition) is 1. The van der Waals surface area contributed by atoms with E-state index in [-0.39, 0.29) is 12.5 Å². The molecule has 0 fully saturated rings. The first-order valence-corrected chi connectivity index (χ1v) is 9.35. The van der Waals surface area contributed by atoms with Gasteiger partial charge in [0.2, 0.25) is 0 Å². The molecule has 0 saturated heterocycles. The zero-order chi connectivity index (χ0) is 20.5. The van der Waals surface area contributed by atoms with Crippen LogP contribution in [0.3, 0.4) is 0 Å². The molecule has 0 unspecified atom stereocenters. The Labute approximate surface area is 171 Å². The van der Waals surface area contributed by atoms with Gasteiger partial charge in [0, 0.05) is 46.3 Å². The van der Waals surface area contributed by atoms with Crippen LogP contribution in [0.15, 0.2) is 53.5 Å². The van der Waals surface area contributed by atoms with Gasteiger partial charge < -0.3 is 19.9 Å². The molecule has 0 spiro atoms. The van der Waals surface area contributed by atoms with Crippen molar-refractivity contribution in [3.63, 3.8) is 0 Å². The molecule has 0 saturated carbocycles. The SMILES string of the molecule is CN=C(NCc1cccc(OCC(=O)N(C)C)c1)N(C)Cc1ccc(Cl)cc1. The van der Waals surface area contributed by atoms with Crippen molar-refractivity contribution < 1.29 is 9.53 Å². The maximum atomic E-state index is 11.7. The molecule has 6 nitrogen and oxygen atoms in total. The highest BCUT2D eigenvalue weighted by molar-refractivity contribution is 6.30. The number of rotatable bonds is 7. The summed E-state index contributed by atoms with van der Waals surface area (Å²) < 4.78 is 5.57. The summed E-state index contributed by atoms with van der Waals surface area (Å²) in [5.74, 6) is 1.37. The van der Waals surface area contributed by atoms with Crippen LogP contribution in [0.5, 0.6) is 5.75 Å². The lowest BCUT2D eigenvalue weighted by Gasteiger charge is -2.22. The molecular formula is C21H27ClN4O2. The maximum Gasteiger partial charge on any atom is 0.259 e. The van der Waals surface area contributed by atoms with Crippen LogP contribution in [0.1, 0.15) is 11.1 Å². The Bertz CT molecular complexity index is 806. The number of guanidine groups is 1. The van der Waals surface area contributed by atoms with E-state index in [9.17, 15) is 4.79 Å². The first-order chi connectivity index (χ1) is 13.4. The molecule has 0 aliphatic rings. The molecular weight excluding hydrogens is 376 g/mol. The number of carbonyl (C=O) groups is 1. The van der Waals surface area contributed by atoms with E-state index < -0.39 is 0 Å². The Morgan fingerprint density at radius 1 is 1.11 bits per heavy atom. The average molecular weight is 403 g/mol. The first-order valence-electron chi connectivity index (χ1n) is 8.97. The second-order valence-electron chi connectivity index (χ2n) is 6.61. The molecule has 0 aliphatic carbocycles. The van der Waals surface area contributed by atoms with Crippen LogP contribution in [0, 0.1) is 0 Å². The van der Waals surface area contributed by atoms with Crippen molar-refractivity contribution in [2.45, 2.75) is 13.1 Å². The smallest absolute Gasteiger partial charge is 0.259 e. The fourth-order valence-corrected chi connectivity index (χ4v) is 2.65. The van der Waals surface area contributed by atoms with Gasteiger partial charge in [0.1, 0.15) is 5.75 Å². The Morgan fingerprint density at radius 3 is 2.46 bits per heavy atom. The largest absolute Gasteiger partial charge is 0.484 e. The second-order valence-corrected chi connectivity index (χ2v) is 7.04. The molecule has 0 aliphatic heterocycles. The van der Waals surface area contributed by atoms with Gasteiger partial charge in [-0.2, -0.15) is 0 Å². The molecule has 1 amide bonds. The van der Waals surface area contributed by atoms with E-state index in [1.807, 2.05) is 60.5 Å². The number of benzene rings is 2. The van der Waals surface area contributed by atoms with E-state index in [0.717, 1.165) is 22.1 Å².